The minimum Gasteiger partial charge on any atom is -0.492 e. The summed E-state index contributed by atoms with van der Waals surface area (Å²) in [6, 6.07) is 8.07. The van der Waals surface area contributed by atoms with Gasteiger partial charge in [-0.25, -0.2) is 4.98 Å². The molecule has 2 aromatic rings. The van der Waals surface area contributed by atoms with E-state index in [0.717, 1.165) is 24.7 Å². The van der Waals surface area contributed by atoms with Gasteiger partial charge in [0.2, 0.25) is 0 Å². The first kappa shape index (κ1) is 12.6. The summed E-state index contributed by atoms with van der Waals surface area (Å²) < 4.78 is 5.75. The number of hydrogen-bond acceptors (Lipinski definition) is 3. The van der Waals surface area contributed by atoms with Gasteiger partial charge >= 0.3 is 0 Å². The summed E-state index contributed by atoms with van der Waals surface area (Å²) in [4.78, 5) is 9.47. The van der Waals surface area contributed by atoms with Gasteiger partial charge in [0.25, 0.3) is 0 Å². The fourth-order valence-corrected chi connectivity index (χ4v) is 1.75. The molecule has 0 unspecified atom stereocenters. The molecule has 0 aliphatic rings. The fourth-order valence-electron chi connectivity index (χ4n) is 1.75. The number of benzene rings is 1. The second-order valence-electron chi connectivity index (χ2n) is 4.39. The Kier molecular flexibility index (Phi) is 4.36. The minimum atomic E-state index is 0.683. The van der Waals surface area contributed by atoms with Crippen molar-refractivity contribution in [2.75, 3.05) is 20.2 Å². The van der Waals surface area contributed by atoms with Crippen LogP contribution in [0.4, 0.5) is 0 Å². The number of aromatic amines is 1. The van der Waals surface area contributed by atoms with Gasteiger partial charge in [-0.05, 0) is 25.6 Å². The van der Waals surface area contributed by atoms with Crippen molar-refractivity contribution >= 4 is 0 Å². The van der Waals surface area contributed by atoms with E-state index < -0.39 is 0 Å². The predicted molar refractivity (Wildman–Crippen MR) is 71.6 cm³/mol. The first-order chi connectivity index (χ1) is 8.75. The van der Waals surface area contributed by atoms with Gasteiger partial charge < -0.3 is 9.72 Å². The van der Waals surface area contributed by atoms with Crippen molar-refractivity contribution in [1.29, 1.82) is 0 Å². The van der Waals surface area contributed by atoms with Crippen LogP contribution in [0.15, 0.2) is 36.7 Å². The summed E-state index contributed by atoms with van der Waals surface area (Å²) in [5.74, 6) is 1.94. The molecule has 1 heterocycles. The Hall–Kier alpha value is -1.81. The molecule has 4 heteroatoms. The maximum absolute atomic E-state index is 5.75. The van der Waals surface area contributed by atoms with Gasteiger partial charge in [0, 0.05) is 18.9 Å². The normalized spacial score (nSPS) is 10.8. The Labute approximate surface area is 108 Å². The summed E-state index contributed by atoms with van der Waals surface area (Å²) in [5, 5.41) is 0. The van der Waals surface area contributed by atoms with Gasteiger partial charge in [-0.15, -0.1) is 0 Å². The molecular weight excluding hydrogens is 226 g/mol. The largest absolute Gasteiger partial charge is 0.492 e. The highest BCUT2D eigenvalue weighted by Gasteiger charge is 2.03. The molecule has 0 amide bonds. The lowest BCUT2D eigenvalue weighted by atomic mass is 10.2. The lowest BCUT2D eigenvalue weighted by molar-refractivity contribution is 0.229. The average Bonchev–Trinajstić information content (AvgIpc) is 2.84. The molecule has 18 heavy (non-hydrogen) atoms. The fraction of sp³-hybridized carbons (Fsp3) is 0.357. The van der Waals surface area contributed by atoms with Crippen LogP contribution in [-0.4, -0.2) is 35.1 Å². The van der Waals surface area contributed by atoms with Gasteiger partial charge in [0.15, 0.2) is 0 Å². The van der Waals surface area contributed by atoms with E-state index in [1.54, 1.807) is 6.20 Å². The van der Waals surface area contributed by atoms with E-state index in [1.165, 1.54) is 5.56 Å². The number of nitrogens with zero attached hydrogens (tertiary/aromatic N) is 2. The van der Waals surface area contributed by atoms with Crippen LogP contribution in [0.1, 0.15) is 11.4 Å². The predicted octanol–water partition coefficient (Wildman–Crippen LogP) is 2.23. The molecule has 4 nitrogen and oxygen atoms in total. The van der Waals surface area contributed by atoms with E-state index in [1.807, 2.05) is 24.4 Å². The number of imidazole rings is 1. The topological polar surface area (TPSA) is 41.1 Å². The SMILES string of the molecule is Cc1ccccc1OCCN(C)Cc1ncc[nH]1. The van der Waals surface area contributed by atoms with E-state index in [4.69, 9.17) is 4.74 Å². The highest BCUT2D eigenvalue weighted by atomic mass is 16.5. The van der Waals surface area contributed by atoms with Crippen LogP contribution in [0.5, 0.6) is 5.75 Å². The molecule has 0 bridgehead atoms. The van der Waals surface area contributed by atoms with Crippen molar-refractivity contribution in [3.05, 3.63) is 48.0 Å². The third kappa shape index (κ3) is 3.60. The van der Waals surface area contributed by atoms with E-state index in [2.05, 4.69) is 34.9 Å². The molecule has 0 atom stereocenters. The smallest absolute Gasteiger partial charge is 0.122 e. The van der Waals surface area contributed by atoms with Gasteiger partial charge in [0.05, 0.1) is 6.54 Å². The van der Waals surface area contributed by atoms with Crippen molar-refractivity contribution in [3.63, 3.8) is 0 Å². The van der Waals surface area contributed by atoms with E-state index in [0.29, 0.717) is 6.61 Å². The third-order valence-corrected chi connectivity index (χ3v) is 2.80. The second-order valence-corrected chi connectivity index (χ2v) is 4.39. The van der Waals surface area contributed by atoms with Crippen molar-refractivity contribution < 1.29 is 4.74 Å². The standard InChI is InChI=1S/C14H19N3O/c1-12-5-3-4-6-13(12)18-10-9-17(2)11-14-15-7-8-16-14/h3-8H,9-11H2,1-2H3,(H,15,16). The highest BCUT2D eigenvalue weighted by Crippen LogP contribution is 2.15. The highest BCUT2D eigenvalue weighted by molar-refractivity contribution is 5.31. The Morgan fingerprint density at radius 2 is 2.17 bits per heavy atom. The van der Waals surface area contributed by atoms with Gasteiger partial charge in [-0.1, -0.05) is 18.2 Å². The summed E-state index contributed by atoms with van der Waals surface area (Å²) in [6.45, 7) is 4.42. The number of likely N-dealkylation sites (N-methyl/N-ethyl adjacent to an activating group) is 1. The summed E-state index contributed by atoms with van der Waals surface area (Å²) in [5.41, 5.74) is 1.17. The van der Waals surface area contributed by atoms with Crippen LogP contribution in [0.2, 0.25) is 0 Å². The molecule has 1 aromatic heterocycles. The first-order valence-electron chi connectivity index (χ1n) is 6.11. The van der Waals surface area contributed by atoms with Crippen LogP contribution in [-0.2, 0) is 6.54 Å². The molecule has 0 aliphatic heterocycles. The number of rotatable bonds is 6. The molecule has 1 aromatic carbocycles. The lowest BCUT2D eigenvalue weighted by Crippen LogP contribution is -2.24. The van der Waals surface area contributed by atoms with Gasteiger partial charge in [0.1, 0.15) is 18.2 Å². The average molecular weight is 245 g/mol. The molecular formula is C14H19N3O. The Bertz CT molecular complexity index is 468. The van der Waals surface area contributed by atoms with Crippen LogP contribution in [0.3, 0.4) is 0 Å². The van der Waals surface area contributed by atoms with Crippen molar-refractivity contribution in [3.8, 4) is 5.75 Å². The zero-order chi connectivity index (χ0) is 12.8. The van der Waals surface area contributed by atoms with E-state index >= 15 is 0 Å². The first-order valence-corrected chi connectivity index (χ1v) is 6.11. The number of hydrogen-bond donors (Lipinski definition) is 1. The van der Waals surface area contributed by atoms with E-state index in [-0.39, 0.29) is 0 Å². The third-order valence-electron chi connectivity index (χ3n) is 2.80. The number of aromatic nitrogens is 2. The molecule has 1 N–H and O–H groups in total. The zero-order valence-corrected chi connectivity index (χ0v) is 10.9. The number of aryl methyl sites for hydroxylation is 1. The number of H-pyrrole nitrogens is 1. The maximum atomic E-state index is 5.75. The molecule has 2 rings (SSSR count). The monoisotopic (exact) mass is 245 g/mol. The van der Waals surface area contributed by atoms with E-state index in [9.17, 15) is 0 Å². The molecule has 0 aliphatic carbocycles. The van der Waals surface area contributed by atoms with Gasteiger partial charge in [-0.2, -0.15) is 0 Å². The van der Waals surface area contributed by atoms with Gasteiger partial charge in [-0.3, -0.25) is 4.90 Å². The Morgan fingerprint density at radius 3 is 2.89 bits per heavy atom. The van der Waals surface area contributed by atoms with Crippen molar-refractivity contribution in [2.45, 2.75) is 13.5 Å². The molecule has 0 radical (unpaired) electrons. The Morgan fingerprint density at radius 1 is 1.33 bits per heavy atom. The van der Waals surface area contributed by atoms with Crippen molar-refractivity contribution in [2.24, 2.45) is 0 Å². The lowest BCUT2D eigenvalue weighted by Gasteiger charge is -2.16. The van der Waals surface area contributed by atoms with Crippen LogP contribution < -0.4 is 4.74 Å². The molecule has 0 saturated heterocycles. The van der Waals surface area contributed by atoms with Crippen LogP contribution in [0.25, 0.3) is 0 Å². The summed E-state index contributed by atoms with van der Waals surface area (Å²) in [7, 11) is 2.06. The number of ether oxygens (including phenoxy) is 1. The summed E-state index contributed by atoms with van der Waals surface area (Å²) in [6.07, 6.45) is 3.61. The maximum Gasteiger partial charge on any atom is 0.122 e. The molecule has 0 fully saturated rings. The minimum absolute atomic E-state index is 0.683. The summed E-state index contributed by atoms with van der Waals surface area (Å²) >= 11 is 0. The van der Waals surface area contributed by atoms with Crippen LogP contribution in [0, 0.1) is 6.92 Å². The molecule has 0 saturated carbocycles. The quantitative estimate of drug-likeness (QED) is 0.848. The zero-order valence-electron chi connectivity index (χ0n) is 10.9. The molecule has 96 valence electrons. The Balaban J connectivity index is 1.74. The number of nitrogens with one attached hydrogen (secondary N) is 1. The second kappa shape index (κ2) is 6.21. The molecule has 0 spiro atoms. The van der Waals surface area contributed by atoms with Crippen molar-refractivity contribution in [1.82, 2.24) is 14.9 Å². The van der Waals surface area contributed by atoms with Crippen LogP contribution >= 0.6 is 0 Å². The number of para-hydroxylation sites is 1.